The number of amidine groups is 1. The first-order valence-electron chi connectivity index (χ1n) is 8.31. The molecule has 1 heterocycles. The molecule has 0 aliphatic carbocycles. The second kappa shape index (κ2) is 9.01. The standard InChI is InChI=1S/C19H17ClFN3O2S/c20-14-6-2-4-8-16(14)24-18(26)11-23-19(24)27-12-17(25)22-10-9-13-5-1-3-7-15(13)21/h1-8H,9-12H2,(H,22,25). The fraction of sp³-hybridized carbons (Fsp3) is 0.211. The van der Waals surface area contributed by atoms with Crippen LogP contribution in [0.25, 0.3) is 0 Å². The summed E-state index contributed by atoms with van der Waals surface area (Å²) < 4.78 is 13.6. The van der Waals surface area contributed by atoms with E-state index in [2.05, 4.69) is 10.3 Å². The van der Waals surface area contributed by atoms with Crippen molar-refractivity contribution in [3.05, 3.63) is 64.9 Å². The molecule has 0 spiro atoms. The summed E-state index contributed by atoms with van der Waals surface area (Å²) in [6, 6.07) is 13.5. The van der Waals surface area contributed by atoms with Gasteiger partial charge in [-0.3, -0.25) is 19.5 Å². The zero-order valence-electron chi connectivity index (χ0n) is 14.3. The summed E-state index contributed by atoms with van der Waals surface area (Å²) >= 11 is 7.34. The van der Waals surface area contributed by atoms with Crippen LogP contribution in [-0.4, -0.2) is 35.8 Å². The number of aliphatic imine (C=N–C) groups is 1. The fourth-order valence-electron chi connectivity index (χ4n) is 2.58. The fourth-order valence-corrected chi connectivity index (χ4v) is 3.65. The van der Waals surface area contributed by atoms with Crippen molar-refractivity contribution >= 4 is 46.0 Å². The molecule has 140 valence electrons. The van der Waals surface area contributed by atoms with Crippen molar-refractivity contribution in [1.82, 2.24) is 5.32 Å². The summed E-state index contributed by atoms with van der Waals surface area (Å²) in [5.41, 5.74) is 1.11. The van der Waals surface area contributed by atoms with E-state index in [1.54, 1.807) is 42.5 Å². The van der Waals surface area contributed by atoms with Gasteiger partial charge >= 0.3 is 0 Å². The highest BCUT2D eigenvalue weighted by atomic mass is 35.5. The first-order chi connectivity index (χ1) is 13.1. The van der Waals surface area contributed by atoms with Crippen LogP contribution in [0.5, 0.6) is 0 Å². The van der Waals surface area contributed by atoms with E-state index in [0.717, 1.165) is 0 Å². The second-order valence-electron chi connectivity index (χ2n) is 5.76. The molecule has 0 saturated carbocycles. The van der Waals surface area contributed by atoms with Crippen molar-refractivity contribution in [3.63, 3.8) is 0 Å². The molecule has 2 aromatic carbocycles. The predicted octanol–water partition coefficient (Wildman–Crippen LogP) is 3.27. The van der Waals surface area contributed by atoms with Gasteiger partial charge in [-0.15, -0.1) is 0 Å². The van der Waals surface area contributed by atoms with Gasteiger partial charge in [0.2, 0.25) is 5.91 Å². The normalized spacial score (nSPS) is 13.6. The lowest BCUT2D eigenvalue weighted by molar-refractivity contribution is -0.118. The van der Waals surface area contributed by atoms with Gasteiger partial charge in [0.15, 0.2) is 5.17 Å². The van der Waals surface area contributed by atoms with E-state index in [1.165, 1.54) is 22.7 Å². The average molecular weight is 406 g/mol. The van der Waals surface area contributed by atoms with Crippen molar-refractivity contribution < 1.29 is 14.0 Å². The van der Waals surface area contributed by atoms with Gasteiger partial charge in [-0.2, -0.15) is 0 Å². The van der Waals surface area contributed by atoms with Crippen molar-refractivity contribution in [1.29, 1.82) is 0 Å². The number of carbonyl (C=O) groups is 2. The highest BCUT2D eigenvalue weighted by Gasteiger charge is 2.29. The molecule has 1 aliphatic heterocycles. The number of halogens is 2. The lowest BCUT2D eigenvalue weighted by Crippen LogP contribution is -2.33. The number of rotatable bonds is 6. The van der Waals surface area contributed by atoms with Crippen molar-refractivity contribution in [3.8, 4) is 0 Å². The average Bonchev–Trinajstić information content (AvgIpc) is 3.02. The van der Waals surface area contributed by atoms with Gasteiger partial charge in [-0.25, -0.2) is 4.39 Å². The van der Waals surface area contributed by atoms with Crippen LogP contribution in [0.3, 0.4) is 0 Å². The Morgan fingerprint density at radius 1 is 1.22 bits per heavy atom. The zero-order chi connectivity index (χ0) is 19.2. The smallest absolute Gasteiger partial charge is 0.254 e. The lowest BCUT2D eigenvalue weighted by atomic mass is 10.1. The monoisotopic (exact) mass is 405 g/mol. The summed E-state index contributed by atoms with van der Waals surface area (Å²) in [6.45, 7) is 0.364. The van der Waals surface area contributed by atoms with Gasteiger partial charge in [0.05, 0.1) is 16.5 Å². The quantitative estimate of drug-likeness (QED) is 0.802. The van der Waals surface area contributed by atoms with E-state index < -0.39 is 0 Å². The maximum absolute atomic E-state index is 13.6. The van der Waals surface area contributed by atoms with Gasteiger partial charge < -0.3 is 5.32 Å². The van der Waals surface area contributed by atoms with Gasteiger partial charge in [0, 0.05) is 6.54 Å². The number of benzene rings is 2. The number of anilines is 1. The molecular formula is C19H17ClFN3O2S. The molecule has 0 aromatic heterocycles. The van der Waals surface area contributed by atoms with Gasteiger partial charge in [-0.1, -0.05) is 53.7 Å². The molecule has 2 aromatic rings. The molecule has 0 radical (unpaired) electrons. The topological polar surface area (TPSA) is 61.8 Å². The Bertz CT molecular complexity index is 891. The number of carbonyl (C=O) groups excluding carboxylic acids is 2. The Balaban J connectivity index is 1.51. The molecule has 3 rings (SSSR count). The summed E-state index contributed by atoms with van der Waals surface area (Å²) in [5, 5.41) is 3.63. The highest BCUT2D eigenvalue weighted by molar-refractivity contribution is 8.14. The van der Waals surface area contributed by atoms with Gasteiger partial charge in [0.25, 0.3) is 5.91 Å². The van der Waals surface area contributed by atoms with E-state index in [0.29, 0.717) is 34.4 Å². The number of amides is 2. The summed E-state index contributed by atoms with van der Waals surface area (Å²) in [4.78, 5) is 29.8. The molecule has 8 heteroatoms. The largest absolute Gasteiger partial charge is 0.355 e. The number of para-hydroxylation sites is 1. The molecule has 0 unspecified atom stereocenters. The Labute approximate surface area is 165 Å². The minimum atomic E-state index is -0.282. The van der Waals surface area contributed by atoms with E-state index in [9.17, 15) is 14.0 Å². The number of hydrogen-bond acceptors (Lipinski definition) is 4. The van der Waals surface area contributed by atoms with Crippen LogP contribution < -0.4 is 10.2 Å². The van der Waals surface area contributed by atoms with E-state index in [-0.39, 0.29) is 29.9 Å². The number of hydrogen-bond donors (Lipinski definition) is 1. The van der Waals surface area contributed by atoms with Crippen molar-refractivity contribution in [2.24, 2.45) is 4.99 Å². The third kappa shape index (κ3) is 4.87. The van der Waals surface area contributed by atoms with Crippen LogP contribution in [0.2, 0.25) is 5.02 Å². The number of thioether (sulfide) groups is 1. The van der Waals surface area contributed by atoms with Crippen LogP contribution >= 0.6 is 23.4 Å². The number of nitrogens with zero attached hydrogens (tertiary/aromatic N) is 2. The van der Waals surface area contributed by atoms with Crippen molar-refractivity contribution in [2.75, 3.05) is 23.7 Å². The Hall–Kier alpha value is -2.38. The molecule has 1 aliphatic rings. The Morgan fingerprint density at radius 2 is 1.96 bits per heavy atom. The van der Waals surface area contributed by atoms with Crippen LogP contribution in [0, 0.1) is 5.82 Å². The first kappa shape index (κ1) is 19.4. The Kier molecular flexibility index (Phi) is 6.47. The molecule has 0 bridgehead atoms. The maximum atomic E-state index is 13.6. The minimum Gasteiger partial charge on any atom is -0.355 e. The Morgan fingerprint density at radius 3 is 2.74 bits per heavy atom. The third-order valence-corrected chi connectivity index (χ3v) is 5.19. The SMILES string of the molecule is O=C(CSC1=NCC(=O)N1c1ccccc1Cl)NCCc1ccccc1F. The molecule has 27 heavy (non-hydrogen) atoms. The summed E-state index contributed by atoms with van der Waals surface area (Å²) in [6.07, 6.45) is 0.411. The molecule has 0 fully saturated rings. The summed E-state index contributed by atoms with van der Waals surface area (Å²) in [7, 11) is 0. The lowest BCUT2D eigenvalue weighted by Gasteiger charge is -2.19. The van der Waals surface area contributed by atoms with Gasteiger partial charge in [-0.05, 0) is 30.2 Å². The molecule has 0 atom stereocenters. The maximum Gasteiger partial charge on any atom is 0.254 e. The predicted molar refractivity (Wildman–Crippen MR) is 107 cm³/mol. The van der Waals surface area contributed by atoms with E-state index in [1.807, 2.05) is 0 Å². The molecular weight excluding hydrogens is 389 g/mol. The molecule has 5 nitrogen and oxygen atoms in total. The minimum absolute atomic E-state index is 0.0302. The van der Waals surface area contributed by atoms with Crippen LogP contribution in [-0.2, 0) is 16.0 Å². The van der Waals surface area contributed by atoms with Crippen molar-refractivity contribution in [2.45, 2.75) is 6.42 Å². The summed E-state index contributed by atoms with van der Waals surface area (Å²) in [5.74, 6) is -0.581. The van der Waals surface area contributed by atoms with Crippen LogP contribution in [0.1, 0.15) is 5.56 Å². The third-order valence-electron chi connectivity index (χ3n) is 3.89. The highest BCUT2D eigenvalue weighted by Crippen LogP contribution is 2.30. The van der Waals surface area contributed by atoms with E-state index >= 15 is 0 Å². The zero-order valence-corrected chi connectivity index (χ0v) is 15.9. The first-order valence-corrected chi connectivity index (χ1v) is 9.67. The van der Waals surface area contributed by atoms with Crippen LogP contribution in [0.4, 0.5) is 10.1 Å². The molecule has 0 saturated heterocycles. The van der Waals surface area contributed by atoms with E-state index in [4.69, 9.17) is 11.6 Å². The van der Waals surface area contributed by atoms with Gasteiger partial charge in [0.1, 0.15) is 12.4 Å². The number of nitrogens with one attached hydrogen (secondary N) is 1. The molecule has 2 amide bonds. The second-order valence-corrected chi connectivity index (χ2v) is 7.11. The molecule has 1 N–H and O–H groups in total. The van der Waals surface area contributed by atoms with Crippen LogP contribution in [0.15, 0.2) is 53.5 Å².